The molecule has 13 nitrogen and oxygen atoms in total. The van der Waals surface area contributed by atoms with Gasteiger partial charge in [0.05, 0.1) is 5.09 Å². The number of rotatable bonds is 6. The first-order chi connectivity index (χ1) is 12.9. The quantitative estimate of drug-likeness (QED) is 0.208. The van der Waals surface area contributed by atoms with Gasteiger partial charge in [-0.15, -0.1) is 10.2 Å². The van der Waals surface area contributed by atoms with Gasteiger partial charge in [0.15, 0.2) is 5.82 Å². The van der Waals surface area contributed by atoms with Gasteiger partial charge >= 0.3 is 28.2 Å². The van der Waals surface area contributed by atoms with Crippen molar-refractivity contribution in [3.8, 4) is 11.6 Å². The monoisotopic (exact) mass is 501 g/mol. The average Bonchev–Trinajstić information content (AvgIpc) is 3.23. The molecule has 28 heavy (non-hydrogen) atoms. The normalized spacial score (nSPS) is 9.75. The van der Waals surface area contributed by atoms with E-state index in [4.69, 9.17) is 19.7 Å². The molecular weight excluding hydrogens is 490 g/mol. The van der Waals surface area contributed by atoms with Crippen molar-refractivity contribution < 1.29 is 36.8 Å². The Bertz CT molecular complexity index is 915. The molecule has 0 N–H and O–H groups in total. The minimum Gasteiger partial charge on any atom is -0.410 e. The fourth-order valence-electron chi connectivity index (χ4n) is 1.96. The second-order valence-corrected chi connectivity index (χ2v) is 5.78. The standard InChI is InChI=1S/C13H12N6O3S.Ag.NO3/c1-9-15-8-11(19(20)21)18(9)6-7-23-13-17-16-12(22-13)10-4-2-3-5-14-10;;2-1(3)4/h2-5,8H,6-7H2,1H3;;/q;+1;-1. The summed E-state index contributed by atoms with van der Waals surface area (Å²) in [6.45, 7) is 2.15. The first kappa shape index (κ1) is 23.2. The summed E-state index contributed by atoms with van der Waals surface area (Å²) in [6.07, 6.45) is 2.90. The van der Waals surface area contributed by atoms with Crippen molar-refractivity contribution in [2.75, 3.05) is 5.75 Å². The number of hydrogen-bond acceptors (Lipinski definition) is 11. The fourth-order valence-corrected chi connectivity index (χ4v) is 2.65. The third-order valence-corrected chi connectivity index (χ3v) is 3.85. The first-order valence-electron chi connectivity index (χ1n) is 7.24. The summed E-state index contributed by atoms with van der Waals surface area (Å²) >= 11 is 1.32. The van der Waals surface area contributed by atoms with E-state index in [-0.39, 0.29) is 28.2 Å². The van der Waals surface area contributed by atoms with Gasteiger partial charge in [-0.1, -0.05) is 17.8 Å². The van der Waals surface area contributed by atoms with Gasteiger partial charge in [0.1, 0.15) is 18.4 Å². The predicted octanol–water partition coefficient (Wildman–Crippen LogP) is 2.10. The Morgan fingerprint density at radius 2 is 1.89 bits per heavy atom. The molecule has 0 radical (unpaired) electrons. The third kappa shape index (κ3) is 6.73. The Morgan fingerprint density at radius 3 is 2.50 bits per heavy atom. The molecule has 0 aliphatic rings. The zero-order valence-electron chi connectivity index (χ0n) is 14.1. The van der Waals surface area contributed by atoms with E-state index < -0.39 is 10.0 Å². The maximum absolute atomic E-state index is 10.9. The second-order valence-electron chi connectivity index (χ2n) is 4.73. The van der Waals surface area contributed by atoms with Gasteiger partial charge < -0.3 is 29.9 Å². The van der Waals surface area contributed by atoms with Crippen LogP contribution in [0.15, 0.2) is 40.2 Å². The van der Waals surface area contributed by atoms with Crippen LogP contribution in [0.25, 0.3) is 11.6 Å². The van der Waals surface area contributed by atoms with Crippen LogP contribution in [0.1, 0.15) is 5.82 Å². The molecule has 0 aromatic carbocycles. The number of thioether (sulfide) groups is 1. The molecular formula is C13H12AgN7O6S. The number of pyridine rings is 1. The molecule has 152 valence electrons. The zero-order valence-corrected chi connectivity index (χ0v) is 16.4. The van der Waals surface area contributed by atoms with Gasteiger partial charge in [0.2, 0.25) is 0 Å². The summed E-state index contributed by atoms with van der Waals surface area (Å²) < 4.78 is 7.06. The molecule has 0 aliphatic carbocycles. The summed E-state index contributed by atoms with van der Waals surface area (Å²) in [5.41, 5.74) is 0.605. The number of nitrogens with zero attached hydrogens (tertiary/aromatic N) is 7. The maximum Gasteiger partial charge on any atom is 1.00 e. The molecule has 0 aliphatic heterocycles. The molecule has 0 spiro atoms. The van der Waals surface area contributed by atoms with Crippen LogP contribution in [0, 0.1) is 32.4 Å². The molecule has 0 unspecified atom stereocenters. The Balaban J connectivity index is 0.000000717. The molecule has 0 atom stereocenters. The molecule has 0 bridgehead atoms. The summed E-state index contributed by atoms with van der Waals surface area (Å²) in [4.78, 5) is 26.8. The maximum atomic E-state index is 10.9. The van der Waals surface area contributed by atoms with Crippen LogP contribution in [0.4, 0.5) is 5.82 Å². The SMILES string of the molecule is Cc1ncc([N+](=O)[O-])n1CCSc1nnc(-c2ccccn2)o1.O=[N+]([O-])[O-].[Ag+]. The van der Waals surface area contributed by atoms with E-state index in [1.54, 1.807) is 29.8 Å². The summed E-state index contributed by atoms with van der Waals surface area (Å²) in [5.74, 6) is 1.46. The van der Waals surface area contributed by atoms with Crippen molar-refractivity contribution in [3.63, 3.8) is 0 Å². The van der Waals surface area contributed by atoms with E-state index in [1.807, 2.05) is 6.07 Å². The minimum atomic E-state index is -1.75. The van der Waals surface area contributed by atoms with E-state index in [0.717, 1.165) is 0 Å². The van der Waals surface area contributed by atoms with Gasteiger partial charge in [-0.3, -0.25) is 4.98 Å². The van der Waals surface area contributed by atoms with Gasteiger partial charge in [0.25, 0.3) is 11.1 Å². The van der Waals surface area contributed by atoms with E-state index in [0.29, 0.717) is 34.9 Å². The third-order valence-electron chi connectivity index (χ3n) is 3.05. The van der Waals surface area contributed by atoms with Crippen LogP contribution in [-0.2, 0) is 28.9 Å². The molecule has 0 saturated carbocycles. The molecule has 15 heteroatoms. The number of hydrogen-bond donors (Lipinski definition) is 0. The van der Waals surface area contributed by atoms with Crippen molar-refractivity contribution in [1.29, 1.82) is 0 Å². The van der Waals surface area contributed by atoms with Crippen LogP contribution in [0.3, 0.4) is 0 Å². The van der Waals surface area contributed by atoms with Crippen LogP contribution in [0.2, 0.25) is 0 Å². The predicted molar refractivity (Wildman–Crippen MR) is 92.2 cm³/mol. The van der Waals surface area contributed by atoms with Gasteiger partial charge in [-0.2, -0.15) is 0 Å². The topological polar surface area (TPSA) is 179 Å². The number of imidazole rings is 1. The molecule has 0 amide bonds. The zero-order chi connectivity index (χ0) is 19.8. The Labute approximate surface area is 177 Å². The molecule has 0 saturated heterocycles. The molecule has 0 fully saturated rings. The largest absolute Gasteiger partial charge is 1.00 e. The van der Waals surface area contributed by atoms with Crippen LogP contribution >= 0.6 is 11.8 Å². The fraction of sp³-hybridized carbons (Fsp3) is 0.231. The van der Waals surface area contributed by atoms with Gasteiger partial charge in [-0.05, 0) is 17.1 Å². The number of aryl methyl sites for hydroxylation is 1. The summed E-state index contributed by atoms with van der Waals surface area (Å²) in [5, 5.41) is 33.9. The summed E-state index contributed by atoms with van der Waals surface area (Å²) in [6, 6.07) is 5.41. The average molecular weight is 502 g/mol. The molecule has 3 heterocycles. The molecule has 3 aromatic heterocycles. The minimum absolute atomic E-state index is 0. The molecule has 3 rings (SSSR count). The van der Waals surface area contributed by atoms with E-state index >= 15 is 0 Å². The van der Waals surface area contributed by atoms with Crippen LogP contribution in [-0.4, -0.2) is 40.5 Å². The van der Waals surface area contributed by atoms with Gasteiger partial charge in [0, 0.05) is 18.9 Å². The Kier molecular flexibility index (Phi) is 9.23. The van der Waals surface area contributed by atoms with Crippen molar-refractivity contribution in [2.45, 2.75) is 18.7 Å². The summed E-state index contributed by atoms with van der Waals surface area (Å²) in [7, 11) is 0. The first-order valence-corrected chi connectivity index (χ1v) is 8.22. The van der Waals surface area contributed by atoms with E-state index in [2.05, 4.69) is 20.2 Å². The van der Waals surface area contributed by atoms with Crippen molar-refractivity contribution >= 4 is 17.6 Å². The van der Waals surface area contributed by atoms with Crippen molar-refractivity contribution in [3.05, 3.63) is 61.9 Å². The van der Waals surface area contributed by atoms with Crippen molar-refractivity contribution in [2.24, 2.45) is 0 Å². The van der Waals surface area contributed by atoms with Crippen LogP contribution < -0.4 is 0 Å². The molecule has 3 aromatic rings. The van der Waals surface area contributed by atoms with E-state index in [1.165, 1.54) is 18.0 Å². The smallest absolute Gasteiger partial charge is 0.410 e. The Morgan fingerprint density at radius 1 is 1.18 bits per heavy atom. The number of nitro groups is 1. The number of aromatic nitrogens is 5. The second kappa shape index (κ2) is 11.1. The van der Waals surface area contributed by atoms with Crippen LogP contribution in [0.5, 0.6) is 0 Å². The van der Waals surface area contributed by atoms with E-state index in [9.17, 15) is 10.1 Å². The van der Waals surface area contributed by atoms with Gasteiger partial charge in [-0.25, -0.2) is 9.55 Å². The Hall–Kier alpha value is -2.81. The van der Waals surface area contributed by atoms with Crippen molar-refractivity contribution in [1.82, 2.24) is 24.7 Å².